The SMILES string of the molecule is Cl.Nc1cccc(O)c1-c1ccc(-c2ccccc2)s1. The number of rotatable bonds is 2. The van der Waals surface area contributed by atoms with Crippen LogP contribution in [0.2, 0.25) is 0 Å². The molecule has 102 valence electrons. The molecule has 0 radical (unpaired) electrons. The summed E-state index contributed by atoms with van der Waals surface area (Å²) in [4.78, 5) is 2.15. The van der Waals surface area contributed by atoms with Gasteiger partial charge in [0.15, 0.2) is 0 Å². The van der Waals surface area contributed by atoms with Crippen LogP contribution in [0.25, 0.3) is 20.9 Å². The molecule has 0 spiro atoms. The summed E-state index contributed by atoms with van der Waals surface area (Å²) >= 11 is 1.63. The van der Waals surface area contributed by atoms with Crippen molar-refractivity contribution in [1.29, 1.82) is 0 Å². The summed E-state index contributed by atoms with van der Waals surface area (Å²) < 4.78 is 0. The second kappa shape index (κ2) is 5.99. The Morgan fingerprint density at radius 3 is 2.20 bits per heavy atom. The first kappa shape index (κ1) is 14.4. The molecule has 1 aromatic heterocycles. The molecule has 0 amide bonds. The van der Waals surface area contributed by atoms with Gasteiger partial charge in [0.2, 0.25) is 0 Å². The van der Waals surface area contributed by atoms with Crippen LogP contribution >= 0.6 is 23.7 Å². The fourth-order valence-electron chi connectivity index (χ4n) is 2.06. The average molecular weight is 304 g/mol. The van der Waals surface area contributed by atoms with Crippen molar-refractivity contribution in [2.75, 3.05) is 5.73 Å². The van der Waals surface area contributed by atoms with Gasteiger partial charge in [-0.25, -0.2) is 0 Å². The van der Waals surface area contributed by atoms with E-state index < -0.39 is 0 Å². The molecule has 0 saturated heterocycles. The first-order chi connectivity index (χ1) is 9.25. The fraction of sp³-hybridized carbons (Fsp3) is 0. The Balaban J connectivity index is 0.00000147. The molecule has 0 unspecified atom stereocenters. The van der Waals surface area contributed by atoms with E-state index in [-0.39, 0.29) is 18.2 Å². The summed E-state index contributed by atoms with van der Waals surface area (Å²) in [7, 11) is 0. The minimum absolute atomic E-state index is 0. The largest absolute Gasteiger partial charge is 0.507 e. The lowest BCUT2D eigenvalue weighted by molar-refractivity contribution is 0.478. The minimum Gasteiger partial charge on any atom is -0.507 e. The van der Waals surface area contributed by atoms with Gasteiger partial charge in [-0.1, -0.05) is 36.4 Å². The second-order valence-corrected chi connectivity index (χ2v) is 5.36. The van der Waals surface area contributed by atoms with E-state index in [9.17, 15) is 5.11 Å². The van der Waals surface area contributed by atoms with Gasteiger partial charge in [-0.2, -0.15) is 0 Å². The van der Waals surface area contributed by atoms with Crippen molar-refractivity contribution >= 4 is 29.4 Å². The molecular formula is C16H14ClNOS. The lowest BCUT2D eigenvalue weighted by Gasteiger charge is -2.05. The Bertz CT molecular complexity index is 689. The number of phenolic OH excluding ortho intramolecular Hbond substituents is 1. The van der Waals surface area contributed by atoms with E-state index in [0.717, 1.165) is 10.4 Å². The Labute approximate surface area is 127 Å². The Hall–Kier alpha value is -1.97. The Morgan fingerprint density at radius 2 is 1.50 bits per heavy atom. The minimum atomic E-state index is 0. The van der Waals surface area contributed by atoms with Gasteiger partial charge in [0, 0.05) is 15.4 Å². The van der Waals surface area contributed by atoms with Crippen LogP contribution in [0.3, 0.4) is 0 Å². The zero-order chi connectivity index (χ0) is 13.2. The summed E-state index contributed by atoms with van der Waals surface area (Å²) in [6, 6.07) is 19.4. The standard InChI is InChI=1S/C16H13NOS.ClH/c17-12-7-4-8-13(18)16(12)15-10-9-14(19-15)11-5-2-1-3-6-11;/h1-10,18H,17H2;1H. The Morgan fingerprint density at radius 1 is 0.800 bits per heavy atom. The van der Waals surface area contributed by atoms with Crippen LogP contribution in [0, 0.1) is 0 Å². The zero-order valence-electron chi connectivity index (χ0n) is 10.6. The van der Waals surface area contributed by atoms with Gasteiger partial charge >= 0.3 is 0 Å². The fourth-order valence-corrected chi connectivity index (χ4v) is 3.14. The third kappa shape index (κ3) is 2.64. The van der Waals surface area contributed by atoms with Gasteiger partial charge in [0.05, 0.1) is 5.56 Å². The number of thiophene rings is 1. The molecule has 2 nitrogen and oxygen atoms in total. The summed E-state index contributed by atoms with van der Waals surface area (Å²) in [5.74, 6) is 0.224. The summed E-state index contributed by atoms with van der Waals surface area (Å²) in [5, 5.41) is 9.95. The first-order valence-electron chi connectivity index (χ1n) is 5.99. The average Bonchev–Trinajstić information content (AvgIpc) is 2.89. The number of aromatic hydroxyl groups is 1. The van der Waals surface area contributed by atoms with E-state index in [1.165, 1.54) is 10.4 Å². The number of anilines is 1. The van der Waals surface area contributed by atoms with Crippen molar-refractivity contribution in [3.05, 3.63) is 60.7 Å². The maximum Gasteiger partial charge on any atom is 0.126 e. The van der Waals surface area contributed by atoms with Crippen LogP contribution < -0.4 is 5.73 Å². The third-order valence-electron chi connectivity index (χ3n) is 2.99. The molecule has 2 aromatic carbocycles. The van der Waals surface area contributed by atoms with Crippen molar-refractivity contribution in [2.24, 2.45) is 0 Å². The van der Waals surface area contributed by atoms with Crippen LogP contribution in [0.15, 0.2) is 60.7 Å². The predicted octanol–water partition coefficient (Wildman–Crippen LogP) is 4.79. The molecule has 3 rings (SSSR count). The third-order valence-corrected chi connectivity index (χ3v) is 4.14. The molecule has 0 aliphatic heterocycles. The van der Waals surface area contributed by atoms with Crippen LogP contribution in [0.4, 0.5) is 5.69 Å². The molecule has 0 aliphatic rings. The van der Waals surface area contributed by atoms with Gasteiger partial charge in [-0.05, 0) is 29.8 Å². The lowest BCUT2D eigenvalue weighted by Crippen LogP contribution is -1.88. The monoisotopic (exact) mass is 303 g/mol. The van der Waals surface area contributed by atoms with E-state index in [0.29, 0.717) is 5.69 Å². The van der Waals surface area contributed by atoms with Gasteiger partial charge in [0.25, 0.3) is 0 Å². The molecule has 0 saturated carbocycles. The number of benzene rings is 2. The number of nitrogen functional groups attached to an aromatic ring is 1. The molecule has 0 fully saturated rings. The highest BCUT2D eigenvalue weighted by Gasteiger charge is 2.11. The summed E-state index contributed by atoms with van der Waals surface area (Å²) in [6.45, 7) is 0. The van der Waals surface area contributed by atoms with Gasteiger partial charge in [0.1, 0.15) is 5.75 Å². The van der Waals surface area contributed by atoms with E-state index >= 15 is 0 Å². The molecule has 0 bridgehead atoms. The van der Waals surface area contributed by atoms with Crippen molar-refractivity contribution in [3.63, 3.8) is 0 Å². The highest BCUT2D eigenvalue weighted by atomic mass is 35.5. The Kier molecular flexibility index (Phi) is 4.32. The molecule has 20 heavy (non-hydrogen) atoms. The first-order valence-corrected chi connectivity index (χ1v) is 6.80. The normalized spacial score (nSPS) is 10.0. The highest BCUT2D eigenvalue weighted by molar-refractivity contribution is 7.18. The maximum atomic E-state index is 9.95. The molecular weight excluding hydrogens is 290 g/mol. The highest BCUT2D eigenvalue weighted by Crippen LogP contribution is 2.41. The summed E-state index contributed by atoms with van der Waals surface area (Å²) in [6.07, 6.45) is 0. The maximum absolute atomic E-state index is 9.95. The van der Waals surface area contributed by atoms with Gasteiger partial charge < -0.3 is 10.8 Å². The topological polar surface area (TPSA) is 46.2 Å². The van der Waals surface area contributed by atoms with Crippen LogP contribution in [0.1, 0.15) is 0 Å². The lowest BCUT2D eigenvalue weighted by atomic mass is 10.1. The zero-order valence-corrected chi connectivity index (χ0v) is 12.2. The smallest absolute Gasteiger partial charge is 0.126 e. The van der Waals surface area contributed by atoms with Crippen molar-refractivity contribution in [3.8, 4) is 26.6 Å². The second-order valence-electron chi connectivity index (χ2n) is 4.27. The molecule has 3 N–H and O–H groups in total. The van der Waals surface area contributed by atoms with Crippen LogP contribution in [0.5, 0.6) is 5.75 Å². The van der Waals surface area contributed by atoms with E-state index in [2.05, 4.69) is 18.2 Å². The number of nitrogens with two attached hydrogens (primary N) is 1. The van der Waals surface area contributed by atoms with Crippen molar-refractivity contribution in [2.45, 2.75) is 0 Å². The predicted molar refractivity (Wildman–Crippen MR) is 88.5 cm³/mol. The summed E-state index contributed by atoms with van der Waals surface area (Å²) in [5.41, 5.74) is 8.44. The molecule has 0 atom stereocenters. The van der Waals surface area contributed by atoms with Gasteiger partial charge in [-0.15, -0.1) is 23.7 Å². The molecule has 3 aromatic rings. The number of halogens is 1. The van der Waals surface area contributed by atoms with E-state index in [1.54, 1.807) is 29.5 Å². The van der Waals surface area contributed by atoms with Crippen LogP contribution in [-0.4, -0.2) is 5.11 Å². The molecule has 0 aliphatic carbocycles. The van der Waals surface area contributed by atoms with E-state index in [4.69, 9.17) is 5.73 Å². The number of hydrogen-bond acceptors (Lipinski definition) is 3. The van der Waals surface area contributed by atoms with Crippen LogP contribution in [-0.2, 0) is 0 Å². The van der Waals surface area contributed by atoms with Crippen molar-refractivity contribution < 1.29 is 5.11 Å². The molecule has 1 heterocycles. The van der Waals surface area contributed by atoms with Gasteiger partial charge in [-0.3, -0.25) is 0 Å². The van der Waals surface area contributed by atoms with Crippen molar-refractivity contribution in [1.82, 2.24) is 0 Å². The number of phenols is 1. The molecule has 4 heteroatoms. The quantitative estimate of drug-likeness (QED) is 0.668. The van der Waals surface area contributed by atoms with E-state index in [1.807, 2.05) is 24.3 Å². The number of hydrogen-bond donors (Lipinski definition) is 2.